The molecule has 18 heavy (non-hydrogen) atoms. The number of hydrogen-bond acceptors (Lipinski definition) is 0. The fourth-order valence-electron chi connectivity index (χ4n) is 2.51. The molecule has 1 aliphatic rings. The van der Waals surface area contributed by atoms with E-state index in [0.29, 0.717) is 0 Å². The van der Waals surface area contributed by atoms with Gasteiger partial charge in [-0.25, -0.2) is 8.78 Å². The molecule has 0 spiro atoms. The van der Waals surface area contributed by atoms with Gasteiger partial charge < -0.3 is 0 Å². The molecule has 0 radical (unpaired) electrons. The summed E-state index contributed by atoms with van der Waals surface area (Å²) in [6, 6.07) is 13.8. The Bertz CT molecular complexity index is 583. The van der Waals surface area contributed by atoms with Gasteiger partial charge in [-0.3, -0.25) is 0 Å². The van der Waals surface area contributed by atoms with E-state index in [4.69, 9.17) is 0 Å². The van der Waals surface area contributed by atoms with E-state index in [1.807, 2.05) is 49.4 Å². The molecule has 0 amide bonds. The number of halogens is 2. The Labute approximate surface area is 105 Å². The molecule has 2 aromatic rings. The summed E-state index contributed by atoms with van der Waals surface area (Å²) in [5.74, 6) is -2.56. The molecule has 2 heteroatoms. The lowest BCUT2D eigenvalue weighted by molar-refractivity contribution is 0.0130. The van der Waals surface area contributed by atoms with Crippen LogP contribution in [0.1, 0.15) is 16.7 Å². The van der Waals surface area contributed by atoms with E-state index in [1.165, 1.54) is 5.56 Å². The maximum atomic E-state index is 13.3. The minimum Gasteiger partial charge on any atom is -0.206 e. The van der Waals surface area contributed by atoms with Crippen molar-refractivity contribution < 1.29 is 8.78 Å². The van der Waals surface area contributed by atoms with Crippen LogP contribution in [0.3, 0.4) is 0 Å². The maximum absolute atomic E-state index is 13.3. The molecule has 0 heterocycles. The third-order valence-electron chi connectivity index (χ3n) is 3.49. The number of fused-ring (bicyclic) bond motifs is 1. The van der Waals surface area contributed by atoms with Crippen molar-refractivity contribution in [2.45, 2.75) is 25.7 Å². The molecule has 0 bridgehead atoms. The highest BCUT2D eigenvalue weighted by Crippen LogP contribution is 2.36. The smallest absolute Gasteiger partial charge is 0.206 e. The molecule has 92 valence electrons. The van der Waals surface area contributed by atoms with Crippen LogP contribution in [0.25, 0.3) is 11.1 Å². The summed E-state index contributed by atoms with van der Waals surface area (Å²) in [6.45, 7) is 2.03. The predicted octanol–water partition coefficient (Wildman–Crippen LogP) is 4.40. The quantitative estimate of drug-likeness (QED) is 0.697. The zero-order chi connectivity index (χ0) is 12.8. The van der Waals surface area contributed by atoms with Gasteiger partial charge >= 0.3 is 0 Å². The van der Waals surface area contributed by atoms with Gasteiger partial charge in [-0.1, -0.05) is 48.0 Å². The SMILES string of the molecule is Cc1ccc(-c2ccc3c(c2)CC(F)(F)C3)cc1. The van der Waals surface area contributed by atoms with E-state index in [-0.39, 0.29) is 12.8 Å². The first-order valence-corrected chi connectivity index (χ1v) is 6.10. The van der Waals surface area contributed by atoms with Gasteiger partial charge in [-0.05, 0) is 29.2 Å². The molecule has 0 atom stereocenters. The van der Waals surface area contributed by atoms with Crippen molar-refractivity contribution in [3.8, 4) is 11.1 Å². The summed E-state index contributed by atoms with van der Waals surface area (Å²) in [7, 11) is 0. The fourth-order valence-corrected chi connectivity index (χ4v) is 2.51. The van der Waals surface area contributed by atoms with E-state index >= 15 is 0 Å². The zero-order valence-electron chi connectivity index (χ0n) is 10.2. The van der Waals surface area contributed by atoms with Crippen LogP contribution in [0.2, 0.25) is 0 Å². The van der Waals surface area contributed by atoms with Crippen molar-refractivity contribution in [3.05, 3.63) is 59.2 Å². The number of hydrogen-bond donors (Lipinski definition) is 0. The first-order chi connectivity index (χ1) is 8.53. The van der Waals surface area contributed by atoms with Crippen LogP contribution in [-0.4, -0.2) is 5.92 Å². The Morgan fingerprint density at radius 2 is 1.44 bits per heavy atom. The van der Waals surface area contributed by atoms with Crippen LogP contribution in [0.15, 0.2) is 42.5 Å². The van der Waals surface area contributed by atoms with Gasteiger partial charge in [0.15, 0.2) is 0 Å². The van der Waals surface area contributed by atoms with E-state index < -0.39 is 5.92 Å². The van der Waals surface area contributed by atoms with Crippen LogP contribution in [-0.2, 0) is 12.8 Å². The lowest BCUT2D eigenvalue weighted by atomic mass is 10.00. The second-order valence-corrected chi connectivity index (χ2v) is 5.06. The largest absolute Gasteiger partial charge is 0.256 e. The van der Waals surface area contributed by atoms with Crippen molar-refractivity contribution in [3.63, 3.8) is 0 Å². The standard InChI is InChI=1S/C16H14F2/c1-11-2-4-12(5-3-11)13-6-7-14-9-16(17,18)10-15(14)8-13/h2-8H,9-10H2,1H3. The van der Waals surface area contributed by atoms with Gasteiger partial charge in [-0.2, -0.15) is 0 Å². The number of rotatable bonds is 1. The summed E-state index contributed by atoms with van der Waals surface area (Å²) in [5, 5.41) is 0. The third-order valence-corrected chi connectivity index (χ3v) is 3.49. The van der Waals surface area contributed by atoms with Crippen LogP contribution < -0.4 is 0 Å². The lowest BCUT2D eigenvalue weighted by Gasteiger charge is -2.05. The van der Waals surface area contributed by atoms with Crippen molar-refractivity contribution in [1.82, 2.24) is 0 Å². The van der Waals surface area contributed by atoms with Crippen molar-refractivity contribution in [1.29, 1.82) is 0 Å². The average molecular weight is 244 g/mol. The Hall–Kier alpha value is -1.70. The molecule has 0 saturated carbocycles. The highest BCUT2D eigenvalue weighted by atomic mass is 19.3. The molecule has 3 rings (SSSR count). The third kappa shape index (κ3) is 2.03. The minimum atomic E-state index is -2.56. The highest BCUT2D eigenvalue weighted by Gasteiger charge is 2.37. The fraction of sp³-hybridized carbons (Fsp3) is 0.250. The second-order valence-electron chi connectivity index (χ2n) is 5.06. The monoisotopic (exact) mass is 244 g/mol. The Morgan fingerprint density at radius 3 is 2.17 bits per heavy atom. The van der Waals surface area contributed by atoms with Crippen molar-refractivity contribution in [2.75, 3.05) is 0 Å². The second kappa shape index (κ2) is 3.91. The Balaban J connectivity index is 1.99. The zero-order valence-corrected chi connectivity index (χ0v) is 10.2. The summed E-state index contributed by atoms with van der Waals surface area (Å²) in [4.78, 5) is 0. The normalized spacial score (nSPS) is 16.6. The molecule has 2 aromatic carbocycles. The van der Waals surface area contributed by atoms with Crippen molar-refractivity contribution in [2.24, 2.45) is 0 Å². The van der Waals surface area contributed by atoms with E-state index in [2.05, 4.69) is 0 Å². The number of benzene rings is 2. The molecular weight excluding hydrogens is 230 g/mol. The van der Waals surface area contributed by atoms with Crippen molar-refractivity contribution >= 4 is 0 Å². The van der Waals surface area contributed by atoms with E-state index in [9.17, 15) is 8.78 Å². The van der Waals surface area contributed by atoms with Crippen LogP contribution in [0.4, 0.5) is 8.78 Å². The average Bonchev–Trinajstić information content (AvgIpc) is 2.62. The maximum Gasteiger partial charge on any atom is 0.256 e. The van der Waals surface area contributed by atoms with Gasteiger partial charge in [-0.15, -0.1) is 0 Å². The lowest BCUT2D eigenvalue weighted by Crippen LogP contribution is -2.14. The van der Waals surface area contributed by atoms with Crippen LogP contribution in [0.5, 0.6) is 0 Å². The van der Waals surface area contributed by atoms with Gasteiger partial charge in [0.1, 0.15) is 0 Å². The topological polar surface area (TPSA) is 0 Å². The number of alkyl halides is 2. The van der Waals surface area contributed by atoms with Gasteiger partial charge in [0.05, 0.1) is 0 Å². The summed E-state index contributed by atoms with van der Waals surface area (Å²) in [5.41, 5.74) is 4.88. The van der Waals surface area contributed by atoms with E-state index in [1.54, 1.807) is 0 Å². The molecule has 0 aromatic heterocycles. The first kappa shape index (κ1) is 11.4. The molecule has 0 N–H and O–H groups in total. The Morgan fingerprint density at radius 1 is 0.833 bits per heavy atom. The molecule has 0 unspecified atom stereocenters. The molecule has 0 aliphatic heterocycles. The minimum absolute atomic E-state index is 0.115. The molecular formula is C16H14F2. The molecule has 0 nitrogen and oxygen atoms in total. The van der Waals surface area contributed by atoms with Gasteiger partial charge in [0.25, 0.3) is 5.92 Å². The summed E-state index contributed by atoms with van der Waals surface area (Å²) < 4.78 is 26.6. The molecule has 0 fully saturated rings. The highest BCUT2D eigenvalue weighted by molar-refractivity contribution is 5.65. The first-order valence-electron chi connectivity index (χ1n) is 6.10. The summed E-state index contributed by atoms with van der Waals surface area (Å²) >= 11 is 0. The number of aryl methyl sites for hydroxylation is 1. The predicted molar refractivity (Wildman–Crippen MR) is 69.0 cm³/mol. The molecule has 0 saturated heterocycles. The Kier molecular flexibility index (Phi) is 2.47. The van der Waals surface area contributed by atoms with Gasteiger partial charge in [0, 0.05) is 12.8 Å². The van der Waals surface area contributed by atoms with E-state index in [0.717, 1.165) is 22.3 Å². The van der Waals surface area contributed by atoms with Gasteiger partial charge in [0.2, 0.25) is 0 Å². The summed E-state index contributed by atoms with van der Waals surface area (Å²) in [6.07, 6.45) is -0.238. The van der Waals surface area contributed by atoms with Crippen LogP contribution in [0, 0.1) is 6.92 Å². The van der Waals surface area contributed by atoms with Crippen LogP contribution >= 0.6 is 0 Å². The molecule has 1 aliphatic carbocycles.